The Kier molecular flexibility index (Phi) is 7.63. The Morgan fingerprint density at radius 3 is 2.47 bits per heavy atom. The summed E-state index contributed by atoms with van der Waals surface area (Å²) >= 11 is 0. The zero-order chi connectivity index (χ0) is 27.6. The fraction of sp³-hybridized carbons (Fsp3) is 0.448. The molecule has 0 atom stereocenters. The minimum Gasteiger partial charge on any atom is -0.390 e. The standard InChI is InChI=1S/C29H34N6O3/c1-18(36)24-27(26-23(35(6)28(24)37)15-12-20(17-30)32-26)34(5)21-13-10-19(11-14-21)25(33-38-29(2,3)4)22-9-7-8-16-31-22/h7-9,12,15-16,19,21H,10-11,13-14H2,1-6H3/b33-25+. The Hall–Kier alpha value is -4.06. The number of aromatic nitrogens is 3. The third-order valence-electron chi connectivity index (χ3n) is 7.01. The van der Waals surface area contributed by atoms with Gasteiger partial charge in [-0.2, -0.15) is 5.26 Å². The molecule has 0 aromatic carbocycles. The molecule has 1 fully saturated rings. The average molecular weight is 515 g/mol. The molecule has 0 saturated heterocycles. The summed E-state index contributed by atoms with van der Waals surface area (Å²) in [5, 5.41) is 14.0. The first-order chi connectivity index (χ1) is 18.0. The first-order valence-corrected chi connectivity index (χ1v) is 12.9. The van der Waals surface area contributed by atoms with Crippen molar-refractivity contribution in [1.29, 1.82) is 5.26 Å². The zero-order valence-electron chi connectivity index (χ0n) is 22.9. The topological polar surface area (TPSA) is 113 Å². The lowest BCUT2D eigenvalue weighted by Gasteiger charge is -2.37. The van der Waals surface area contributed by atoms with Crippen LogP contribution in [0.5, 0.6) is 0 Å². The van der Waals surface area contributed by atoms with Gasteiger partial charge in [-0.25, -0.2) is 4.98 Å². The van der Waals surface area contributed by atoms with Gasteiger partial charge in [-0.05, 0) is 77.6 Å². The molecule has 1 saturated carbocycles. The third-order valence-corrected chi connectivity index (χ3v) is 7.01. The van der Waals surface area contributed by atoms with Crippen LogP contribution in [0.1, 0.15) is 75.1 Å². The van der Waals surface area contributed by atoms with Crippen LogP contribution in [-0.4, -0.2) is 44.7 Å². The molecule has 4 rings (SSSR count). The first-order valence-electron chi connectivity index (χ1n) is 12.9. The third kappa shape index (κ3) is 5.44. The summed E-state index contributed by atoms with van der Waals surface area (Å²) in [5.74, 6) is -0.163. The van der Waals surface area contributed by atoms with Crippen LogP contribution in [0.15, 0.2) is 46.5 Å². The van der Waals surface area contributed by atoms with Crippen LogP contribution >= 0.6 is 0 Å². The lowest BCUT2D eigenvalue weighted by molar-refractivity contribution is -0.0000742. The van der Waals surface area contributed by atoms with Crippen molar-refractivity contribution in [2.75, 3.05) is 11.9 Å². The Balaban J connectivity index is 1.68. The predicted octanol–water partition coefficient (Wildman–Crippen LogP) is 4.62. The summed E-state index contributed by atoms with van der Waals surface area (Å²) < 4.78 is 1.43. The van der Waals surface area contributed by atoms with E-state index in [4.69, 9.17) is 4.84 Å². The molecule has 0 amide bonds. The van der Waals surface area contributed by atoms with Gasteiger partial charge in [0, 0.05) is 32.3 Å². The van der Waals surface area contributed by atoms with Gasteiger partial charge in [0.2, 0.25) is 0 Å². The number of hydrogen-bond acceptors (Lipinski definition) is 8. The van der Waals surface area contributed by atoms with Crippen LogP contribution < -0.4 is 10.5 Å². The summed E-state index contributed by atoms with van der Waals surface area (Å²) in [5.41, 5.74) is 2.75. The summed E-state index contributed by atoms with van der Waals surface area (Å²) in [6.45, 7) is 7.29. The van der Waals surface area contributed by atoms with Gasteiger partial charge in [0.15, 0.2) is 5.78 Å². The van der Waals surface area contributed by atoms with Crippen molar-refractivity contribution in [1.82, 2.24) is 14.5 Å². The van der Waals surface area contributed by atoms with E-state index in [0.29, 0.717) is 16.7 Å². The molecular formula is C29H34N6O3. The zero-order valence-corrected chi connectivity index (χ0v) is 22.9. The Morgan fingerprint density at radius 1 is 1.18 bits per heavy atom. The number of rotatable bonds is 6. The number of Topliss-reactive ketones (excluding diaryl/α,β-unsaturated/α-hetero) is 1. The molecule has 198 valence electrons. The van der Waals surface area contributed by atoms with E-state index in [1.54, 1.807) is 25.4 Å². The minimum atomic E-state index is -0.420. The normalized spacial score (nSPS) is 18.2. The van der Waals surface area contributed by atoms with Crippen molar-refractivity contribution in [3.63, 3.8) is 0 Å². The quantitative estimate of drug-likeness (QED) is 0.268. The molecule has 38 heavy (non-hydrogen) atoms. The molecule has 9 nitrogen and oxygen atoms in total. The molecule has 0 radical (unpaired) electrons. The first kappa shape index (κ1) is 27.0. The highest BCUT2D eigenvalue weighted by molar-refractivity contribution is 6.06. The SMILES string of the molecule is CC(=O)c1c(N(C)C2CCC(/C(=N\OC(C)(C)C)c3ccccn3)CC2)c2nc(C#N)ccc2n(C)c1=O. The highest BCUT2D eigenvalue weighted by Gasteiger charge is 2.32. The van der Waals surface area contributed by atoms with Crippen molar-refractivity contribution in [2.24, 2.45) is 18.1 Å². The second kappa shape index (κ2) is 10.7. The molecule has 0 spiro atoms. The van der Waals surface area contributed by atoms with Gasteiger partial charge in [-0.15, -0.1) is 0 Å². The lowest BCUT2D eigenvalue weighted by atomic mass is 9.81. The van der Waals surface area contributed by atoms with E-state index in [1.807, 2.05) is 50.9 Å². The molecule has 1 aliphatic rings. The molecular weight excluding hydrogens is 480 g/mol. The number of nitriles is 1. The molecule has 0 bridgehead atoms. The van der Waals surface area contributed by atoms with Gasteiger partial charge < -0.3 is 14.3 Å². The second-order valence-corrected chi connectivity index (χ2v) is 10.8. The molecule has 0 aliphatic heterocycles. The lowest BCUT2D eigenvalue weighted by Crippen LogP contribution is -2.39. The fourth-order valence-corrected chi connectivity index (χ4v) is 5.07. The highest BCUT2D eigenvalue weighted by Crippen LogP contribution is 2.35. The average Bonchev–Trinajstić information content (AvgIpc) is 2.90. The second-order valence-electron chi connectivity index (χ2n) is 10.8. The van der Waals surface area contributed by atoms with Crippen LogP contribution in [0, 0.1) is 17.2 Å². The van der Waals surface area contributed by atoms with Gasteiger partial charge in [-0.1, -0.05) is 11.2 Å². The van der Waals surface area contributed by atoms with E-state index >= 15 is 0 Å². The molecule has 1 aliphatic carbocycles. The van der Waals surface area contributed by atoms with Gasteiger partial charge in [0.1, 0.15) is 34.2 Å². The van der Waals surface area contributed by atoms with Crippen molar-refractivity contribution in [3.05, 3.63) is 63.8 Å². The number of ketones is 1. The van der Waals surface area contributed by atoms with E-state index in [-0.39, 0.29) is 34.6 Å². The number of hydrogen-bond donors (Lipinski definition) is 0. The number of pyridine rings is 3. The van der Waals surface area contributed by atoms with E-state index in [2.05, 4.69) is 21.2 Å². The van der Waals surface area contributed by atoms with Crippen molar-refractivity contribution in [2.45, 2.75) is 65.0 Å². The van der Waals surface area contributed by atoms with Gasteiger partial charge in [0.05, 0.1) is 16.9 Å². The number of fused-ring (bicyclic) bond motifs is 1. The van der Waals surface area contributed by atoms with Crippen molar-refractivity contribution >= 4 is 28.2 Å². The highest BCUT2D eigenvalue weighted by atomic mass is 16.6. The van der Waals surface area contributed by atoms with Crippen LogP contribution in [-0.2, 0) is 11.9 Å². The summed E-state index contributed by atoms with van der Waals surface area (Å²) in [6.07, 6.45) is 5.07. The van der Waals surface area contributed by atoms with Crippen LogP contribution in [0.4, 0.5) is 5.69 Å². The Morgan fingerprint density at radius 2 is 1.89 bits per heavy atom. The summed E-state index contributed by atoms with van der Waals surface area (Å²) in [4.78, 5) is 42.8. The summed E-state index contributed by atoms with van der Waals surface area (Å²) in [6, 6.07) is 11.2. The maximum Gasteiger partial charge on any atom is 0.263 e. The maximum absolute atomic E-state index is 13.2. The molecule has 3 aromatic rings. The van der Waals surface area contributed by atoms with E-state index in [1.165, 1.54) is 11.5 Å². The van der Waals surface area contributed by atoms with Crippen LogP contribution in [0.25, 0.3) is 11.0 Å². The van der Waals surface area contributed by atoms with Crippen LogP contribution in [0.3, 0.4) is 0 Å². The van der Waals surface area contributed by atoms with Gasteiger partial charge >= 0.3 is 0 Å². The number of nitrogens with zero attached hydrogens (tertiary/aromatic N) is 6. The van der Waals surface area contributed by atoms with Crippen molar-refractivity contribution < 1.29 is 9.63 Å². The minimum absolute atomic E-state index is 0.0701. The number of carbonyl (C=O) groups is 1. The fourth-order valence-electron chi connectivity index (χ4n) is 5.07. The number of aryl methyl sites for hydroxylation is 1. The predicted molar refractivity (Wildman–Crippen MR) is 147 cm³/mol. The van der Waals surface area contributed by atoms with Crippen LogP contribution in [0.2, 0.25) is 0 Å². The van der Waals surface area contributed by atoms with Gasteiger partial charge in [0.25, 0.3) is 5.56 Å². The molecule has 0 N–H and O–H groups in total. The number of oxime groups is 1. The number of anilines is 1. The van der Waals surface area contributed by atoms with E-state index < -0.39 is 5.60 Å². The van der Waals surface area contributed by atoms with Crippen molar-refractivity contribution in [3.8, 4) is 6.07 Å². The molecule has 3 aromatic heterocycles. The molecule has 0 unspecified atom stereocenters. The Bertz CT molecular complexity index is 1470. The number of carbonyl (C=O) groups excluding carboxylic acids is 1. The largest absolute Gasteiger partial charge is 0.390 e. The molecule has 3 heterocycles. The maximum atomic E-state index is 13.2. The monoisotopic (exact) mass is 514 g/mol. The summed E-state index contributed by atoms with van der Waals surface area (Å²) in [7, 11) is 3.53. The van der Waals surface area contributed by atoms with E-state index in [0.717, 1.165) is 37.1 Å². The van der Waals surface area contributed by atoms with E-state index in [9.17, 15) is 14.9 Å². The Labute approximate surface area is 222 Å². The molecule has 9 heteroatoms. The van der Waals surface area contributed by atoms with Gasteiger partial charge in [-0.3, -0.25) is 14.6 Å². The smallest absolute Gasteiger partial charge is 0.263 e.